The van der Waals surface area contributed by atoms with Gasteiger partial charge in [-0.25, -0.2) is 0 Å². The first-order valence-electron chi connectivity index (χ1n) is 6.54. The number of nitrogens with two attached hydrogens (primary N) is 1. The van der Waals surface area contributed by atoms with Gasteiger partial charge in [0.2, 0.25) is 0 Å². The number of hydrogen-bond acceptors (Lipinski definition) is 4. The summed E-state index contributed by atoms with van der Waals surface area (Å²) in [5, 5.41) is 2.67. The number of carbonyl (C=O) groups is 1. The number of aromatic amines is 1. The zero-order valence-electron chi connectivity index (χ0n) is 11.7. The number of nitrogens with one attached hydrogen (secondary N) is 2. The van der Waals surface area contributed by atoms with E-state index < -0.39 is 5.91 Å². The summed E-state index contributed by atoms with van der Waals surface area (Å²) >= 11 is 0. The van der Waals surface area contributed by atoms with Crippen molar-refractivity contribution in [1.82, 2.24) is 4.98 Å². The number of amides is 1. The number of carbonyl (C=O) groups excluding carboxylic acids is 1. The Kier molecular flexibility index (Phi) is 4.73. The second kappa shape index (κ2) is 6.71. The van der Waals surface area contributed by atoms with Crippen LogP contribution < -0.4 is 21.2 Å². The van der Waals surface area contributed by atoms with E-state index in [1.807, 2.05) is 0 Å². The number of H-pyrrole nitrogens is 1. The van der Waals surface area contributed by atoms with E-state index in [-0.39, 0.29) is 11.0 Å². The molecule has 110 valence electrons. The van der Waals surface area contributed by atoms with Crippen molar-refractivity contribution in [2.24, 2.45) is 5.73 Å². The predicted octanol–water partition coefficient (Wildman–Crippen LogP) is 1.27. The van der Waals surface area contributed by atoms with E-state index in [2.05, 4.69) is 10.3 Å². The van der Waals surface area contributed by atoms with Gasteiger partial charge in [0.05, 0.1) is 0 Å². The van der Waals surface area contributed by atoms with Crippen LogP contribution in [0.1, 0.15) is 16.1 Å². The quantitative estimate of drug-likeness (QED) is 0.771. The van der Waals surface area contributed by atoms with E-state index in [1.165, 1.54) is 12.3 Å². The minimum absolute atomic E-state index is 0.0638. The second-order valence-corrected chi connectivity index (χ2v) is 4.51. The van der Waals surface area contributed by atoms with Crippen LogP contribution in [-0.4, -0.2) is 24.0 Å². The Morgan fingerprint density at radius 3 is 2.90 bits per heavy atom. The molecule has 4 N–H and O–H groups in total. The van der Waals surface area contributed by atoms with Crippen LogP contribution in [0.4, 0.5) is 5.69 Å². The van der Waals surface area contributed by atoms with E-state index in [1.54, 1.807) is 31.2 Å². The second-order valence-electron chi connectivity index (χ2n) is 4.51. The Labute approximate surface area is 121 Å². The summed E-state index contributed by atoms with van der Waals surface area (Å²) in [6.45, 7) is 2.56. The first-order valence-corrected chi connectivity index (χ1v) is 6.54. The highest BCUT2D eigenvalue weighted by atomic mass is 16.5. The molecule has 2 rings (SSSR count). The molecule has 0 saturated carbocycles. The van der Waals surface area contributed by atoms with Crippen LogP contribution in [0.15, 0.2) is 41.3 Å². The van der Waals surface area contributed by atoms with Crippen molar-refractivity contribution in [1.29, 1.82) is 0 Å². The molecule has 2 aromatic rings. The number of anilines is 1. The van der Waals surface area contributed by atoms with Gasteiger partial charge >= 0.3 is 0 Å². The summed E-state index contributed by atoms with van der Waals surface area (Å²) in [7, 11) is 0. The van der Waals surface area contributed by atoms with Crippen molar-refractivity contribution in [3.8, 4) is 5.75 Å². The van der Waals surface area contributed by atoms with Crippen LogP contribution in [0.25, 0.3) is 0 Å². The lowest BCUT2D eigenvalue weighted by atomic mass is 10.2. The first kappa shape index (κ1) is 14.8. The summed E-state index contributed by atoms with van der Waals surface area (Å²) in [4.78, 5) is 26.7. The lowest BCUT2D eigenvalue weighted by Crippen LogP contribution is -2.21. The minimum Gasteiger partial charge on any atom is -0.492 e. The van der Waals surface area contributed by atoms with Crippen molar-refractivity contribution in [3.05, 3.63) is 58.0 Å². The van der Waals surface area contributed by atoms with E-state index in [0.29, 0.717) is 30.3 Å². The molecule has 21 heavy (non-hydrogen) atoms. The number of benzene rings is 1. The molecule has 1 aromatic heterocycles. The normalized spacial score (nSPS) is 10.2. The third-order valence-corrected chi connectivity index (χ3v) is 2.78. The number of hydrogen-bond donors (Lipinski definition) is 3. The molecule has 1 heterocycles. The first-order chi connectivity index (χ1) is 10.1. The zero-order valence-corrected chi connectivity index (χ0v) is 11.7. The molecule has 6 heteroatoms. The average molecular weight is 287 g/mol. The van der Waals surface area contributed by atoms with Gasteiger partial charge in [-0.3, -0.25) is 9.59 Å². The monoisotopic (exact) mass is 287 g/mol. The number of ether oxygens (including phenoxy) is 1. The Bertz CT molecular complexity index is 695. The van der Waals surface area contributed by atoms with Crippen molar-refractivity contribution >= 4 is 11.6 Å². The summed E-state index contributed by atoms with van der Waals surface area (Å²) in [6, 6.07) is 8.30. The molecule has 0 unspecified atom stereocenters. The molecule has 0 atom stereocenters. The van der Waals surface area contributed by atoms with E-state index >= 15 is 0 Å². The molecule has 1 aromatic carbocycles. The number of rotatable bonds is 5. The Morgan fingerprint density at radius 1 is 1.38 bits per heavy atom. The Morgan fingerprint density at radius 2 is 2.19 bits per heavy atom. The molecule has 6 nitrogen and oxygen atoms in total. The summed E-state index contributed by atoms with van der Waals surface area (Å²) in [6.07, 6.45) is 1.40. The maximum atomic E-state index is 12.1. The van der Waals surface area contributed by atoms with Gasteiger partial charge in [0.25, 0.3) is 5.91 Å². The van der Waals surface area contributed by atoms with E-state index in [0.717, 1.165) is 0 Å². The highest BCUT2D eigenvalue weighted by Crippen LogP contribution is 2.17. The van der Waals surface area contributed by atoms with Crippen molar-refractivity contribution < 1.29 is 9.53 Å². The third-order valence-electron chi connectivity index (χ3n) is 2.78. The molecule has 0 saturated heterocycles. The fourth-order valence-electron chi connectivity index (χ4n) is 1.79. The van der Waals surface area contributed by atoms with Crippen LogP contribution in [0.5, 0.6) is 5.75 Å². The number of aromatic nitrogens is 1. The van der Waals surface area contributed by atoms with Gasteiger partial charge in [-0.05, 0) is 19.1 Å². The molecule has 0 aliphatic carbocycles. The SMILES string of the molecule is Cc1cc(=O)c(C(=O)Nc2cccc(OCCN)c2)c[nH]1. The highest BCUT2D eigenvalue weighted by Gasteiger charge is 2.10. The van der Waals surface area contributed by atoms with Gasteiger partial charge in [0.1, 0.15) is 17.9 Å². The number of aryl methyl sites for hydroxylation is 1. The molecule has 0 spiro atoms. The van der Waals surface area contributed by atoms with E-state index in [4.69, 9.17) is 10.5 Å². The highest BCUT2D eigenvalue weighted by molar-refractivity contribution is 6.04. The standard InChI is InChI=1S/C15H17N3O3/c1-10-7-14(19)13(9-17-10)15(20)18-11-3-2-4-12(8-11)21-6-5-16/h2-4,7-9H,5-6,16H2,1H3,(H,17,19)(H,18,20). The Hall–Kier alpha value is -2.60. The van der Waals surface area contributed by atoms with Gasteiger partial charge in [-0.15, -0.1) is 0 Å². The molecule has 1 amide bonds. The van der Waals surface area contributed by atoms with Crippen LogP contribution in [0.3, 0.4) is 0 Å². The topological polar surface area (TPSA) is 97.2 Å². The molecule has 0 fully saturated rings. The van der Waals surface area contributed by atoms with Gasteiger partial charge in [0.15, 0.2) is 5.43 Å². The third kappa shape index (κ3) is 3.93. The molecule has 0 aliphatic rings. The zero-order chi connectivity index (χ0) is 15.2. The lowest BCUT2D eigenvalue weighted by molar-refractivity contribution is 0.102. The lowest BCUT2D eigenvalue weighted by Gasteiger charge is -2.08. The van der Waals surface area contributed by atoms with Crippen LogP contribution in [0, 0.1) is 6.92 Å². The van der Waals surface area contributed by atoms with Crippen LogP contribution in [-0.2, 0) is 0 Å². The van der Waals surface area contributed by atoms with Crippen LogP contribution in [0.2, 0.25) is 0 Å². The number of pyridine rings is 1. The van der Waals surface area contributed by atoms with Crippen LogP contribution >= 0.6 is 0 Å². The van der Waals surface area contributed by atoms with Gasteiger partial charge in [0, 0.05) is 36.3 Å². The van der Waals surface area contributed by atoms with Gasteiger partial charge in [-0.1, -0.05) is 6.07 Å². The van der Waals surface area contributed by atoms with E-state index in [9.17, 15) is 9.59 Å². The maximum absolute atomic E-state index is 12.1. The molecule has 0 aliphatic heterocycles. The van der Waals surface area contributed by atoms with Crippen molar-refractivity contribution in [2.45, 2.75) is 6.92 Å². The summed E-state index contributed by atoms with van der Waals surface area (Å²) < 4.78 is 5.38. The predicted molar refractivity (Wildman–Crippen MR) is 80.7 cm³/mol. The summed E-state index contributed by atoms with van der Waals surface area (Å²) in [5.41, 5.74) is 6.36. The van der Waals surface area contributed by atoms with Gasteiger partial charge < -0.3 is 20.8 Å². The minimum atomic E-state index is -0.466. The van der Waals surface area contributed by atoms with Crippen molar-refractivity contribution in [3.63, 3.8) is 0 Å². The fourth-order valence-corrected chi connectivity index (χ4v) is 1.79. The maximum Gasteiger partial charge on any atom is 0.261 e. The Balaban J connectivity index is 2.14. The van der Waals surface area contributed by atoms with Crippen molar-refractivity contribution in [2.75, 3.05) is 18.5 Å². The summed E-state index contributed by atoms with van der Waals surface area (Å²) in [5.74, 6) is 0.142. The molecule has 0 radical (unpaired) electrons. The average Bonchev–Trinajstić information content (AvgIpc) is 2.45. The molecular formula is C15H17N3O3. The smallest absolute Gasteiger partial charge is 0.261 e. The van der Waals surface area contributed by atoms with Gasteiger partial charge in [-0.2, -0.15) is 0 Å². The molecular weight excluding hydrogens is 270 g/mol. The largest absolute Gasteiger partial charge is 0.492 e. The fraction of sp³-hybridized carbons (Fsp3) is 0.200. The molecule has 0 bridgehead atoms.